The standard InChI is InChI=1S/C9H14/c1-7-4-5-8(2)9(3)6-7/h5,7H,3-4,6H2,1-2H3/t7-/m1/s1. The largest absolute Gasteiger partial charge is 0.0956 e. The first kappa shape index (κ1) is 6.60. The van der Waals surface area contributed by atoms with Crippen LogP contribution in [0.1, 0.15) is 26.7 Å². The Kier molecular flexibility index (Phi) is 1.75. The Morgan fingerprint density at radius 1 is 1.67 bits per heavy atom. The Labute approximate surface area is 57.3 Å². The molecule has 0 aromatic carbocycles. The summed E-state index contributed by atoms with van der Waals surface area (Å²) in [5.41, 5.74) is 2.72. The average molecular weight is 122 g/mol. The summed E-state index contributed by atoms with van der Waals surface area (Å²) in [5, 5.41) is 0. The van der Waals surface area contributed by atoms with Gasteiger partial charge in [-0.2, -0.15) is 0 Å². The molecule has 9 heavy (non-hydrogen) atoms. The van der Waals surface area contributed by atoms with Crippen molar-refractivity contribution >= 4 is 0 Å². The molecule has 0 heterocycles. The molecular weight excluding hydrogens is 108 g/mol. The molecule has 0 amide bonds. The second-order valence-electron chi connectivity index (χ2n) is 3.04. The van der Waals surface area contributed by atoms with E-state index in [1.54, 1.807) is 0 Å². The van der Waals surface area contributed by atoms with Crippen molar-refractivity contribution in [2.24, 2.45) is 5.92 Å². The predicted molar refractivity (Wildman–Crippen MR) is 41.3 cm³/mol. The molecule has 0 N–H and O–H groups in total. The van der Waals surface area contributed by atoms with Gasteiger partial charge in [0.25, 0.3) is 0 Å². The highest BCUT2D eigenvalue weighted by molar-refractivity contribution is 5.28. The van der Waals surface area contributed by atoms with Crippen molar-refractivity contribution < 1.29 is 0 Å². The van der Waals surface area contributed by atoms with Crippen LogP contribution in [-0.2, 0) is 0 Å². The van der Waals surface area contributed by atoms with Gasteiger partial charge in [-0.25, -0.2) is 0 Å². The summed E-state index contributed by atoms with van der Waals surface area (Å²) in [6, 6.07) is 0. The molecule has 1 aliphatic rings. The normalized spacial score (nSPS) is 28.0. The molecule has 0 aliphatic heterocycles. The van der Waals surface area contributed by atoms with Crippen LogP contribution >= 0.6 is 0 Å². The van der Waals surface area contributed by atoms with Gasteiger partial charge in [-0.15, -0.1) is 0 Å². The molecule has 0 bridgehead atoms. The van der Waals surface area contributed by atoms with Gasteiger partial charge in [0, 0.05) is 0 Å². The van der Waals surface area contributed by atoms with Crippen LogP contribution in [0, 0.1) is 5.92 Å². The minimum Gasteiger partial charge on any atom is -0.0956 e. The summed E-state index contributed by atoms with van der Waals surface area (Å²) in [4.78, 5) is 0. The maximum Gasteiger partial charge on any atom is -0.0253 e. The average Bonchev–Trinajstić information content (AvgIpc) is 1.80. The molecule has 0 heteroatoms. The van der Waals surface area contributed by atoms with Gasteiger partial charge in [0.15, 0.2) is 0 Å². The zero-order chi connectivity index (χ0) is 6.85. The molecule has 0 spiro atoms. The number of allylic oxidation sites excluding steroid dienone is 3. The second-order valence-corrected chi connectivity index (χ2v) is 3.04. The van der Waals surface area contributed by atoms with Crippen LogP contribution < -0.4 is 0 Å². The molecule has 1 atom stereocenters. The van der Waals surface area contributed by atoms with E-state index < -0.39 is 0 Å². The molecule has 0 fully saturated rings. The fourth-order valence-corrected chi connectivity index (χ4v) is 1.19. The molecule has 0 radical (unpaired) electrons. The minimum absolute atomic E-state index is 0.821. The Morgan fingerprint density at radius 3 is 2.78 bits per heavy atom. The second kappa shape index (κ2) is 2.38. The third-order valence-corrected chi connectivity index (χ3v) is 1.98. The SMILES string of the molecule is C=C1C[C@H](C)CC=C1C. The van der Waals surface area contributed by atoms with Gasteiger partial charge >= 0.3 is 0 Å². The van der Waals surface area contributed by atoms with Gasteiger partial charge in [-0.05, 0) is 25.7 Å². The predicted octanol–water partition coefficient (Wildman–Crippen LogP) is 2.92. The summed E-state index contributed by atoms with van der Waals surface area (Å²) in [5.74, 6) is 0.821. The van der Waals surface area contributed by atoms with Crippen molar-refractivity contribution in [2.75, 3.05) is 0 Å². The van der Waals surface area contributed by atoms with Crippen molar-refractivity contribution in [2.45, 2.75) is 26.7 Å². The minimum atomic E-state index is 0.821. The summed E-state index contributed by atoms with van der Waals surface area (Å²) in [6.45, 7) is 8.40. The van der Waals surface area contributed by atoms with Crippen LogP contribution in [0.2, 0.25) is 0 Å². The highest BCUT2D eigenvalue weighted by atomic mass is 14.1. The molecule has 0 aromatic rings. The fourth-order valence-electron chi connectivity index (χ4n) is 1.19. The first-order chi connectivity index (χ1) is 4.20. The molecular formula is C9H14. The first-order valence-corrected chi connectivity index (χ1v) is 3.55. The smallest absolute Gasteiger partial charge is 0.0253 e. The lowest BCUT2D eigenvalue weighted by molar-refractivity contribution is 0.571. The van der Waals surface area contributed by atoms with Crippen molar-refractivity contribution in [1.29, 1.82) is 0 Å². The van der Waals surface area contributed by atoms with Crippen molar-refractivity contribution in [3.63, 3.8) is 0 Å². The molecule has 0 aromatic heterocycles. The van der Waals surface area contributed by atoms with Gasteiger partial charge in [0.05, 0.1) is 0 Å². The monoisotopic (exact) mass is 122 g/mol. The van der Waals surface area contributed by atoms with E-state index in [4.69, 9.17) is 0 Å². The third-order valence-electron chi connectivity index (χ3n) is 1.98. The van der Waals surface area contributed by atoms with Crippen LogP contribution in [0.5, 0.6) is 0 Å². The van der Waals surface area contributed by atoms with Crippen LogP contribution in [-0.4, -0.2) is 0 Å². The van der Waals surface area contributed by atoms with E-state index in [0.29, 0.717) is 0 Å². The number of hydrogen-bond donors (Lipinski definition) is 0. The van der Waals surface area contributed by atoms with Crippen LogP contribution in [0.25, 0.3) is 0 Å². The zero-order valence-electron chi connectivity index (χ0n) is 6.28. The van der Waals surface area contributed by atoms with Crippen molar-refractivity contribution in [1.82, 2.24) is 0 Å². The molecule has 50 valence electrons. The maximum absolute atomic E-state index is 3.98. The third kappa shape index (κ3) is 1.44. The molecule has 0 nitrogen and oxygen atoms in total. The van der Waals surface area contributed by atoms with E-state index in [1.165, 1.54) is 24.0 Å². The Bertz CT molecular complexity index is 151. The van der Waals surface area contributed by atoms with Gasteiger partial charge in [0.1, 0.15) is 0 Å². The zero-order valence-corrected chi connectivity index (χ0v) is 6.28. The highest BCUT2D eigenvalue weighted by Gasteiger charge is 2.09. The van der Waals surface area contributed by atoms with E-state index in [-0.39, 0.29) is 0 Å². The van der Waals surface area contributed by atoms with Gasteiger partial charge in [0.2, 0.25) is 0 Å². The summed E-state index contributed by atoms with van der Waals surface area (Å²) in [6.07, 6.45) is 4.73. The lowest BCUT2D eigenvalue weighted by Crippen LogP contribution is -2.01. The topological polar surface area (TPSA) is 0 Å². The van der Waals surface area contributed by atoms with E-state index in [2.05, 4.69) is 26.5 Å². The number of hydrogen-bond acceptors (Lipinski definition) is 0. The van der Waals surface area contributed by atoms with Crippen molar-refractivity contribution in [3.8, 4) is 0 Å². The van der Waals surface area contributed by atoms with Crippen molar-refractivity contribution in [3.05, 3.63) is 23.8 Å². The van der Waals surface area contributed by atoms with E-state index in [9.17, 15) is 0 Å². The number of rotatable bonds is 0. The van der Waals surface area contributed by atoms with Crippen LogP contribution in [0.15, 0.2) is 23.8 Å². The van der Waals surface area contributed by atoms with E-state index in [0.717, 1.165) is 5.92 Å². The quantitative estimate of drug-likeness (QED) is 0.463. The van der Waals surface area contributed by atoms with E-state index >= 15 is 0 Å². The first-order valence-electron chi connectivity index (χ1n) is 3.55. The molecule has 0 saturated carbocycles. The molecule has 1 aliphatic carbocycles. The van der Waals surface area contributed by atoms with Gasteiger partial charge in [-0.1, -0.05) is 30.7 Å². The maximum atomic E-state index is 3.98. The summed E-state index contributed by atoms with van der Waals surface area (Å²) < 4.78 is 0. The highest BCUT2D eigenvalue weighted by Crippen LogP contribution is 2.25. The Morgan fingerprint density at radius 2 is 2.33 bits per heavy atom. The Balaban J connectivity index is 2.68. The van der Waals surface area contributed by atoms with Gasteiger partial charge in [-0.3, -0.25) is 0 Å². The van der Waals surface area contributed by atoms with Crippen LogP contribution in [0.4, 0.5) is 0 Å². The molecule has 0 unspecified atom stereocenters. The van der Waals surface area contributed by atoms with Crippen LogP contribution in [0.3, 0.4) is 0 Å². The fraction of sp³-hybridized carbons (Fsp3) is 0.556. The lowest BCUT2D eigenvalue weighted by atomic mass is 9.88. The van der Waals surface area contributed by atoms with E-state index in [1.807, 2.05) is 0 Å². The molecule has 1 rings (SSSR count). The summed E-state index contributed by atoms with van der Waals surface area (Å²) >= 11 is 0. The van der Waals surface area contributed by atoms with Gasteiger partial charge < -0.3 is 0 Å². The summed E-state index contributed by atoms with van der Waals surface area (Å²) in [7, 11) is 0. The lowest BCUT2D eigenvalue weighted by Gasteiger charge is -2.17. The Hall–Kier alpha value is -0.520. The molecule has 0 saturated heterocycles.